The SMILES string of the molecule is NCC(=O)N1CC(NC(=O)c2ccccc2)CC1C(=O)Nc1ccccn1. The van der Waals surface area contributed by atoms with Crippen LogP contribution in [-0.4, -0.2) is 52.8 Å². The third-order valence-corrected chi connectivity index (χ3v) is 4.39. The summed E-state index contributed by atoms with van der Waals surface area (Å²) >= 11 is 0. The number of rotatable bonds is 5. The van der Waals surface area contributed by atoms with Gasteiger partial charge in [-0.15, -0.1) is 0 Å². The Hall–Kier alpha value is -3.26. The first-order valence-corrected chi connectivity index (χ1v) is 8.66. The number of likely N-dealkylation sites (tertiary alicyclic amines) is 1. The molecule has 27 heavy (non-hydrogen) atoms. The molecule has 2 heterocycles. The summed E-state index contributed by atoms with van der Waals surface area (Å²) in [6.07, 6.45) is 1.87. The number of nitrogens with zero attached hydrogens (tertiary/aromatic N) is 2. The van der Waals surface area contributed by atoms with Crippen LogP contribution in [0.2, 0.25) is 0 Å². The highest BCUT2D eigenvalue weighted by Crippen LogP contribution is 2.20. The molecule has 2 atom stereocenters. The van der Waals surface area contributed by atoms with Crippen molar-refractivity contribution in [2.45, 2.75) is 18.5 Å². The summed E-state index contributed by atoms with van der Waals surface area (Å²) in [6, 6.07) is 12.9. The second-order valence-electron chi connectivity index (χ2n) is 6.24. The van der Waals surface area contributed by atoms with E-state index in [0.717, 1.165) is 0 Å². The van der Waals surface area contributed by atoms with Crippen LogP contribution in [0, 0.1) is 0 Å². The van der Waals surface area contributed by atoms with Gasteiger partial charge in [0.2, 0.25) is 11.8 Å². The van der Waals surface area contributed by atoms with E-state index in [1.165, 1.54) is 4.90 Å². The van der Waals surface area contributed by atoms with E-state index in [9.17, 15) is 14.4 Å². The van der Waals surface area contributed by atoms with E-state index in [0.29, 0.717) is 17.8 Å². The number of nitrogens with one attached hydrogen (secondary N) is 2. The van der Waals surface area contributed by atoms with Gasteiger partial charge in [-0.3, -0.25) is 14.4 Å². The Morgan fingerprint density at radius 1 is 1.11 bits per heavy atom. The number of hydrogen-bond acceptors (Lipinski definition) is 5. The zero-order valence-corrected chi connectivity index (χ0v) is 14.7. The molecule has 3 amide bonds. The summed E-state index contributed by atoms with van der Waals surface area (Å²) in [5, 5.41) is 5.58. The number of hydrogen-bond donors (Lipinski definition) is 3. The summed E-state index contributed by atoms with van der Waals surface area (Å²) in [5.74, 6) is -0.537. The fourth-order valence-electron chi connectivity index (χ4n) is 3.09. The third kappa shape index (κ3) is 4.48. The number of nitrogens with two attached hydrogens (primary N) is 1. The summed E-state index contributed by atoms with van der Waals surface area (Å²) < 4.78 is 0. The van der Waals surface area contributed by atoms with Gasteiger partial charge in [-0.25, -0.2) is 4.98 Å². The number of aromatic nitrogens is 1. The zero-order chi connectivity index (χ0) is 19.2. The molecule has 1 aromatic carbocycles. The van der Waals surface area contributed by atoms with Gasteiger partial charge in [0.25, 0.3) is 5.91 Å². The number of amides is 3. The van der Waals surface area contributed by atoms with E-state index >= 15 is 0 Å². The van der Waals surface area contributed by atoms with Crippen LogP contribution in [0.25, 0.3) is 0 Å². The van der Waals surface area contributed by atoms with Crippen LogP contribution in [0.5, 0.6) is 0 Å². The maximum Gasteiger partial charge on any atom is 0.251 e. The van der Waals surface area contributed by atoms with Gasteiger partial charge in [0.1, 0.15) is 11.9 Å². The van der Waals surface area contributed by atoms with Crippen molar-refractivity contribution in [1.82, 2.24) is 15.2 Å². The molecule has 3 rings (SSSR count). The zero-order valence-electron chi connectivity index (χ0n) is 14.7. The predicted octanol–water partition coefficient (Wildman–Crippen LogP) is 0.378. The highest BCUT2D eigenvalue weighted by atomic mass is 16.2. The molecule has 0 spiro atoms. The van der Waals surface area contributed by atoms with Crippen molar-refractivity contribution < 1.29 is 14.4 Å². The van der Waals surface area contributed by atoms with Crippen LogP contribution >= 0.6 is 0 Å². The van der Waals surface area contributed by atoms with E-state index in [-0.39, 0.29) is 36.9 Å². The molecule has 1 aromatic heterocycles. The highest BCUT2D eigenvalue weighted by Gasteiger charge is 2.39. The normalized spacial score (nSPS) is 18.8. The Bertz CT molecular complexity index is 813. The lowest BCUT2D eigenvalue weighted by Crippen LogP contribution is -2.46. The topological polar surface area (TPSA) is 117 Å². The number of pyridine rings is 1. The van der Waals surface area contributed by atoms with Crippen LogP contribution in [0.3, 0.4) is 0 Å². The maximum absolute atomic E-state index is 12.6. The molecule has 0 radical (unpaired) electrons. The molecular weight excluding hydrogens is 346 g/mol. The Balaban J connectivity index is 1.69. The quantitative estimate of drug-likeness (QED) is 0.706. The number of benzene rings is 1. The van der Waals surface area contributed by atoms with Crippen molar-refractivity contribution in [2.24, 2.45) is 5.73 Å². The van der Waals surface area contributed by atoms with Gasteiger partial charge in [0.15, 0.2) is 0 Å². The van der Waals surface area contributed by atoms with E-state index in [4.69, 9.17) is 5.73 Å². The lowest BCUT2D eigenvalue weighted by molar-refractivity contribution is -0.135. The molecule has 0 bridgehead atoms. The Labute approximate surface area is 156 Å². The third-order valence-electron chi connectivity index (χ3n) is 4.39. The average molecular weight is 367 g/mol. The van der Waals surface area contributed by atoms with Crippen molar-refractivity contribution in [2.75, 3.05) is 18.4 Å². The van der Waals surface area contributed by atoms with Crippen LogP contribution in [0.15, 0.2) is 54.7 Å². The minimum Gasteiger partial charge on any atom is -0.347 e. The van der Waals surface area contributed by atoms with Gasteiger partial charge in [-0.2, -0.15) is 0 Å². The van der Waals surface area contributed by atoms with E-state index in [1.807, 2.05) is 6.07 Å². The van der Waals surface area contributed by atoms with Gasteiger partial charge < -0.3 is 21.3 Å². The molecule has 0 aliphatic carbocycles. The van der Waals surface area contributed by atoms with Crippen molar-refractivity contribution in [3.63, 3.8) is 0 Å². The average Bonchev–Trinajstić information content (AvgIpc) is 3.12. The first-order valence-electron chi connectivity index (χ1n) is 8.66. The second-order valence-corrected chi connectivity index (χ2v) is 6.24. The highest BCUT2D eigenvalue weighted by molar-refractivity contribution is 5.98. The molecule has 1 aliphatic rings. The van der Waals surface area contributed by atoms with Crippen molar-refractivity contribution in [3.05, 3.63) is 60.3 Å². The first-order chi connectivity index (χ1) is 13.1. The lowest BCUT2D eigenvalue weighted by atomic mass is 10.1. The van der Waals surface area contributed by atoms with Crippen LogP contribution in [-0.2, 0) is 9.59 Å². The molecule has 2 aromatic rings. The van der Waals surface area contributed by atoms with Crippen LogP contribution in [0.4, 0.5) is 5.82 Å². The van der Waals surface area contributed by atoms with E-state index in [2.05, 4.69) is 15.6 Å². The van der Waals surface area contributed by atoms with E-state index < -0.39 is 6.04 Å². The van der Waals surface area contributed by atoms with Crippen molar-refractivity contribution in [1.29, 1.82) is 0 Å². The molecule has 8 nitrogen and oxygen atoms in total. The number of carbonyl (C=O) groups is 3. The summed E-state index contributed by atoms with van der Waals surface area (Å²) in [6.45, 7) is 0.0294. The minimum atomic E-state index is -0.718. The molecule has 1 aliphatic heterocycles. The number of anilines is 1. The minimum absolute atomic E-state index is 0.202. The molecule has 4 N–H and O–H groups in total. The van der Waals surface area contributed by atoms with Crippen molar-refractivity contribution in [3.8, 4) is 0 Å². The fourth-order valence-corrected chi connectivity index (χ4v) is 3.09. The molecule has 140 valence electrons. The monoisotopic (exact) mass is 367 g/mol. The standard InChI is InChI=1S/C19H21N5O3/c20-11-17(25)24-12-14(22-18(26)13-6-2-1-3-7-13)10-15(24)19(27)23-16-8-4-5-9-21-16/h1-9,14-15H,10-12,20H2,(H,22,26)(H,21,23,27). The molecule has 2 unspecified atom stereocenters. The second kappa shape index (κ2) is 8.41. The van der Waals surface area contributed by atoms with Gasteiger partial charge in [-0.1, -0.05) is 24.3 Å². The fraction of sp³-hybridized carbons (Fsp3) is 0.263. The summed E-state index contributed by atoms with van der Waals surface area (Å²) in [4.78, 5) is 42.7. The Morgan fingerprint density at radius 3 is 2.52 bits per heavy atom. The smallest absolute Gasteiger partial charge is 0.251 e. The van der Waals surface area contributed by atoms with Gasteiger partial charge in [-0.05, 0) is 30.7 Å². The predicted molar refractivity (Wildman–Crippen MR) is 99.7 cm³/mol. The molecule has 1 saturated heterocycles. The largest absolute Gasteiger partial charge is 0.347 e. The molecule has 0 saturated carbocycles. The van der Waals surface area contributed by atoms with Crippen LogP contribution in [0.1, 0.15) is 16.8 Å². The lowest BCUT2D eigenvalue weighted by Gasteiger charge is -2.22. The Morgan fingerprint density at radius 2 is 1.85 bits per heavy atom. The van der Waals surface area contributed by atoms with Gasteiger partial charge in [0, 0.05) is 24.3 Å². The van der Waals surface area contributed by atoms with Crippen molar-refractivity contribution >= 4 is 23.5 Å². The van der Waals surface area contributed by atoms with Gasteiger partial charge in [0.05, 0.1) is 6.54 Å². The van der Waals surface area contributed by atoms with Crippen LogP contribution < -0.4 is 16.4 Å². The Kier molecular flexibility index (Phi) is 5.77. The molecule has 1 fully saturated rings. The molecular formula is C19H21N5O3. The first kappa shape index (κ1) is 18.5. The maximum atomic E-state index is 12.6. The number of carbonyl (C=O) groups excluding carboxylic acids is 3. The van der Waals surface area contributed by atoms with Gasteiger partial charge >= 0.3 is 0 Å². The summed E-state index contributed by atoms with van der Waals surface area (Å²) in [5.41, 5.74) is 6.01. The van der Waals surface area contributed by atoms with E-state index in [1.54, 1.807) is 48.7 Å². The summed E-state index contributed by atoms with van der Waals surface area (Å²) in [7, 11) is 0. The molecule has 8 heteroatoms.